The first-order valence-electron chi connectivity index (χ1n) is 13.3. The van der Waals surface area contributed by atoms with Gasteiger partial charge in [-0.25, -0.2) is 25.7 Å². The van der Waals surface area contributed by atoms with Gasteiger partial charge in [0.05, 0.1) is 6.04 Å². The zero-order valence-electron chi connectivity index (χ0n) is 22.5. The van der Waals surface area contributed by atoms with Gasteiger partial charge in [-0.2, -0.15) is 22.0 Å². The fourth-order valence-electron chi connectivity index (χ4n) is 4.97. The molecule has 0 aromatic heterocycles. The van der Waals surface area contributed by atoms with Gasteiger partial charge in [-0.1, -0.05) is 51.7 Å². The van der Waals surface area contributed by atoms with Crippen LogP contribution in [0.2, 0.25) is 6.82 Å². The maximum Gasteiger partial charge on any atom is 0.243 e. The second-order valence-electron chi connectivity index (χ2n) is 9.11. The number of carbonyl (C=O) groups is 2. The van der Waals surface area contributed by atoms with E-state index in [0.717, 1.165) is 13.1 Å². The monoisotopic (exact) mass is 755 g/mol. The number of carbonyl (C=O) groups excluding carboxylic acids is 2. The molecule has 36 heavy (non-hydrogen) atoms. The Kier molecular flexibility index (Phi) is 21.8. The van der Waals surface area contributed by atoms with Gasteiger partial charge >= 0.3 is 0 Å². The van der Waals surface area contributed by atoms with Crippen molar-refractivity contribution in [3.63, 3.8) is 0 Å². The van der Waals surface area contributed by atoms with Gasteiger partial charge in [-0.15, -0.1) is 0 Å². The van der Waals surface area contributed by atoms with E-state index in [0.29, 0.717) is 18.8 Å². The van der Waals surface area contributed by atoms with Crippen molar-refractivity contribution in [2.75, 3.05) is 0 Å². The first-order valence-corrected chi connectivity index (χ1v) is 13.9. The maximum atomic E-state index is 12.1. The summed E-state index contributed by atoms with van der Waals surface area (Å²) < 4.78 is 0. The summed E-state index contributed by atoms with van der Waals surface area (Å²) in [6.45, 7) is 9.53. The third-order valence-corrected chi connectivity index (χ3v) is 6.69. The molecule has 2 unspecified atom stereocenters. The standard InChI is InChI=1S/C19H23N2O2.C6H10.C2H6.CH5BP.W.Y/c22-18-9-8-17(19(23)20-18)21-11-15-7-6-14(10-16(15)12-21)13-4-2-1-3-5-13;1-2-4-6-5-3-1;1-2;1-2-3;;/h1,6-7,10,13,17H,2-5,8-9,11-12H2,(H,20,22,23);1,6H,2-5H2;1-2H3;3H2,1H3;;/q-1;-2;;;;. The summed E-state index contributed by atoms with van der Waals surface area (Å²) >= 11 is 0. The van der Waals surface area contributed by atoms with Crippen molar-refractivity contribution >= 4 is 27.9 Å². The first-order chi connectivity index (χ1) is 16.6. The zero-order chi connectivity index (χ0) is 24.8. The van der Waals surface area contributed by atoms with Crippen molar-refractivity contribution in [3.05, 3.63) is 54.2 Å². The summed E-state index contributed by atoms with van der Waals surface area (Å²) in [6, 6.07) is 6.72. The average molecular weight is 755 g/mol. The molecule has 5 rings (SSSR count). The Bertz CT molecular complexity index is 750. The van der Waals surface area contributed by atoms with Crippen LogP contribution in [0.15, 0.2) is 18.2 Å². The Morgan fingerprint density at radius 1 is 0.917 bits per heavy atom. The number of nitrogens with zero attached hydrogens (tertiary/aromatic N) is 1. The Morgan fingerprint density at radius 2 is 1.44 bits per heavy atom. The molecule has 0 bridgehead atoms. The number of fused-ring (bicyclic) bond motifs is 1. The summed E-state index contributed by atoms with van der Waals surface area (Å²) in [7, 11) is 2.45. The van der Waals surface area contributed by atoms with Gasteiger partial charge in [0.25, 0.3) is 0 Å². The summed E-state index contributed by atoms with van der Waals surface area (Å²) in [5.41, 5.74) is 4.16. The van der Waals surface area contributed by atoms with Crippen LogP contribution in [-0.4, -0.2) is 29.8 Å². The minimum Gasteiger partial charge on any atom is -0.333 e. The predicted molar refractivity (Wildman–Crippen MR) is 147 cm³/mol. The van der Waals surface area contributed by atoms with Crippen LogP contribution in [0.1, 0.15) is 101 Å². The number of piperidine rings is 1. The van der Waals surface area contributed by atoms with Crippen LogP contribution in [0.25, 0.3) is 0 Å². The fourth-order valence-corrected chi connectivity index (χ4v) is 4.97. The van der Waals surface area contributed by atoms with E-state index in [2.05, 4.69) is 56.8 Å². The van der Waals surface area contributed by atoms with Gasteiger partial charge in [0.2, 0.25) is 11.8 Å². The van der Waals surface area contributed by atoms with Crippen molar-refractivity contribution in [1.29, 1.82) is 0 Å². The smallest absolute Gasteiger partial charge is 0.243 e. The van der Waals surface area contributed by atoms with Gasteiger partial charge in [-0.05, 0) is 29.0 Å². The second-order valence-corrected chi connectivity index (χ2v) is 9.77. The molecule has 1 aromatic carbocycles. The number of nitrogens with one attached hydrogen (secondary N) is 1. The van der Waals surface area contributed by atoms with E-state index in [1.165, 1.54) is 68.1 Å². The maximum absolute atomic E-state index is 12.1. The van der Waals surface area contributed by atoms with Crippen molar-refractivity contribution in [1.82, 2.24) is 10.2 Å². The van der Waals surface area contributed by atoms with Crippen LogP contribution in [0.3, 0.4) is 0 Å². The molecule has 2 amide bonds. The third kappa shape index (κ3) is 12.2. The van der Waals surface area contributed by atoms with Crippen LogP contribution in [-0.2, 0) is 76.5 Å². The van der Waals surface area contributed by atoms with E-state index in [1.807, 2.05) is 27.7 Å². The largest absolute Gasteiger partial charge is 0.333 e. The molecule has 2 atom stereocenters. The van der Waals surface area contributed by atoms with E-state index >= 15 is 0 Å². The van der Waals surface area contributed by atoms with Crippen molar-refractivity contribution in [3.8, 4) is 0 Å². The molecule has 4 nitrogen and oxygen atoms in total. The number of rotatable bonds is 2. The minimum atomic E-state index is -0.159. The molecule has 2 radical (unpaired) electrons. The second kappa shape index (κ2) is 21.4. The molecule has 4 aliphatic rings. The van der Waals surface area contributed by atoms with E-state index in [-0.39, 0.29) is 71.6 Å². The summed E-state index contributed by atoms with van der Waals surface area (Å²) in [5, 5.41) is 2.47. The van der Waals surface area contributed by atoms with Gasteiger partial charge in [0.1, 0.15) is 7.00 Å². The Hall–Kier alpha value is 0.607. The normalized spacial score (nSPS) is 21.3. The molecule has 2 aliphatic heterocycles. The Morgan fingerprint density at radius 3 is 1.97 bits per heavy atom. The van der Waals surface area contributed by atoms with Gasteiger partial charge in [0, 0.05) is 73.3 Å². The van der Waals surface area contributed by atoms with Crippen molar-refractivity contribution < 1.29 is 63.4 Å². The van der Waals surface area contributed by atoms with Crippen LogP contribution >= 0.6 is 9.12 Å². The number of amides is 2. The molecule has 198 valence electrons. The van der Waals surface area contributed by atoms with Crippen LogP contribution in [0, 0.1) is 19.3 Å². The first kappa shape index (κ1) is 36.6. The average Bonchev–Trinajstić information content (AvgIpc) is 3.31. The van der Waals surface area contributed by atoms with Crippen LogP contribution < -0.4 is 5.32 Å². The molecule has 2 aliphatic carbocycles. The third-order valence-electron chi connectivity index (χ3n) is 6.69. The molecule has 1 saturated heterocycles. The van der Waals surface area contributed by atoms with E-state index < -0.39 is 0 Å². The molecule has 1 N–H and O–H groups in total. The van der Waals surface area contributed by atoms with Crippen molar-refractivity contribution in [2.45, 2.75) is 110 Å². The quantitative estimate of drug-likeness (QED) is 0.170. The summed E-state index contributed by atoms with van der Waals surface area (Å²) in [4.78, 5) is 25.6. The van der Waals surface area contributed by atoms with Crippen molar-refractivity contribution in [2.24, 2.45) is 0 Å². The molecular formula is C28H44BN2O2PWY-3. The molecule has 2 saturated carbocycles. The molecular weight excluding hydrogens is 711 g/mol. The minimum absolute atomic E-state index is 0. The van der Waals surface area contributed by atoms with Crippen LogP contribution in [0.4, 0.5) is 0 Å². The fraction of sp³-hybridized carbons (Fsp3) is 0.607. The summed E-state index contributed by atoms with van der Waals surface area (Å²) in [6.07, 6.45) is 18.5. The Balaban J connectivity index is 0.000000802. The van der Waals surface area contributed by atoms with Gasteiger partial charge < -0.3 is 19.3 Å². The summed E-state index contributed by atoms with van der Waals surface area (Å²) in [5.74, 6) is 0.423. The number of imide groups is 1. The molecule has 1 aromatic rings. The number of hydrogen-bond acceptors (Lipinski definition) is 3. The van der Waals surface area contributed by atoms with Crippen LogP contribution in [0.5, 0.6) is 0 Å². The molecule has 0 spiro atoms. The van der Waals surface area contributed by atoms with E-state index in [9.17, 15) is 9.59 Å². The number of benzene rings is 1. The Labute approximate surface area is 263 Å². The molecule has 8 heteroatoms. The van der Waals surface area contributed by atoms with E-state index in [1.54, 1.807) is 0 Å². The molecule has 3 fully saturated rings. The number of hydrogen-bond donors (Lipinski definition) is 1. The van der Waals surface area contributed by atoms with E-state index in [4.69, 9.17) is 0 Å². The van der Waals surface area contributed by atoms with Gasteiger partial charge in [0.15, 0.2) is 0 Å². The zero-order valence-corrected chi connectivity index (χ0v) is 29.4. The SMILES string of the molecule is CC.C[B]P.O=C1CCC(N2Cc3ccc(C4CC[CH-]CC4)cc3C2)C(=O)N1.[CH-]1CC[CH-]CC1.[W].[Y]. The van der Waals surface area contributed by atoms with Gasteiger partial charge in [-0.3, -0.25) is 19.8 Å². The predicted octanol–water partition coefficient (Wildman–Crippen LogP) is 6.19. The molecule has 2 heterocycles. The topological polar surface area (TPSA) is 49.4 Å².